The van der Waals surface area contributed by atoms with Crippen molar-refractivity contribution >= 4 is 11.8 Å². The van der Waals surface area contributed by atoms with Gasteiger partial charge in [-0.15, -0.1) is 0 Å². The van der Waals surface area contributed by atoms with Crippen LogP contribution < -0.4 is 16.0 Å². The third-order valence-electron chi connectivity index (χ3n) is 2.98. The molecule has 1 fully saturated rings. The molecule has 1 unspecified atom stereocenters. The van der Waals surface area contributed by atoms with E-state index < -0.39 is 0 Å². The summed E-state index contributed by atoms with van der Waals surface area (Å²) in [6, 6.07) is 0.213. The number of carbonyl (C=O) groups is 2. The average molecular weight is 255 g/mol. The Morgan fingerprint density at radius 2 is 2.28 bits per heavy atom. The van der Waals surface area contributed by atoms with E-state index in [0.29, 0.717) is 25.3 Å². The molecule has 0 spiro atoms. The Morgan fingerprint density at radius 3 is 3.00 bits per heavy atom. The minimum Gasteiger partial charge on any atom is -0.356 e. The van der Waals surface area contributed by atoms with Crippen LogP contribution in [0.25, 0.3) is 0 Å². The second kappa shape index (κ2) is 8.08. The molecule has 1 aliphatic rings. The second-order valence-electron chi connectivity index (χ2n) is 5.30. The van der Waals surface area contributed by atoms with Crippen molar-refractivity contribution in [1.82, 2.24) is 16.0 Å². The molecule has 0 radical (unpaired) electrons. The van der Waals surface area contributed by atoms with E-state index in [-0.39, 0.29) is 17.9 Å². The zero-order valence-electron chi connectivity index (χ0n) is 11.4. The molecule has 5 nitrogen and oxygen atoms in total. The van der Waals surface area contributed by atoms with Crippen molar-refractivity contribution in [2.75, 3.05) is 19.6 Å². The zero-order valence-corrected chi connectivity index (χ0v) is 11.4. The highest BCUT2D eigenvalue weighted by atomic mass is 16.2. The molecule has 2 amide bonds. The van der Waals surface area contributed by atoms with Gasteiger partial charge in [0.15, 0.2) is 0 Å². The largest absolute Gasteiger partial charge is 0.356 e. The van der Waals surface area contributed by atoms with Gasteiger partial charge < -0.3 is 16.0 Å². The Labute approximate surface area is 109 Å². The number of rotatable bonds is 6. The van der Waals surface area contributed by atoms with Crippen molar-refractivity contribution in [1.29, 1.82) is 0 Å². The van der Waals surface area contributed by atoms with E-state index >= 15 is 0 Å². The molecule has 0 aromatic rings. The van der Waals surface area contributed by atoms with Crippen LogP contribution in [0.2, 0.25) is 0 Å². The van der Waals surface area contributed by atoms with Gasteiger partial charge in [0.05, 0.1) is 0 Å². The van der Waals surface area contributed by atoms with Crippen LogP contribution in [-0.4, -0.2) is 37.5 Å². The van der Waals surface area contributed by atoms with Gasteiger partial charge in [0.25, 0.3) is 0 Å². The third kappa shape index (κ3) is 6.59. The molecule has 1 rings (SSSR count). The first-order valence-electron chi connectivity index (χ1n) is 6.84. The molecule has 0 saturated carbocycles. The Hall–Kier alpha value is -1.10. The van der Waals surface area contributed by atoms with Crippen molar-refractivity contribution in [3.63, 3.8) is 0 Å². The normalized spacial score (nSPS) is 20.4. The maximum absolute atomic E-state index is 11.5. The fourth-order valence-electron chi connectivity index (χ4n) is 1.94. The molecule has 18 heavy (non-hydrogen) atoms. The Morgan fingerprint density at radius 1 is 1.50 bits per heavy atom. The predicted octanol–water partition coefficient (Wildman–Crippen LogP) is 0.407. The van der Waals surface area contributed by atoms with Crippen LogP contribution in [-0.2, 0) is 9.59 Å². The first kappa shape index (κ1) is 15.0. The van der Waals surface area contributed by atoms with Gasteiger partial charge in [-0.1, -0.05) is 13.8 Å². The number of hydrogen-bond donors (Lipinski definition) is 3. The van der Waals surface area contributed by atoms with Crippen LogP contribution in [0, 0.1) is 5.92 Å². The topological polar surface area (TPSA) is 70.2 Å². The summed E-state index contributed by atoms with van der Waals surface area (Å²) in [6.07, 6.45) is 2.99. The van der Waals surface area contributed by atoms with E-state index in [4.69, 9.17) is 0 Å². The fraction of sp³-hybridized carbons (Fsp3) is 0.846. The van der Waals surface area contributed by atoms with Crippen LogP contribution in [0.3, 0.4) is 0 Å². The molecular formula is C13H25N3O2. The summed E-state index contributed by atoms with van der Waals surface area (Å²) in [4.78, 5) is 22.8. The molecular weight excluding hydrogens is 230 g/mol. The molecule has 0 aromatic heterocycles. The predicted molar refractivity (Wildman–Crippen MR) is 71.1 cm³/mol. The molecule has 0 aromatic carbocycles. The minimum absolute atomic E-state index is 0.0780. The first-order chi connectivity index (χ1) is 8.58. The van der Waals surface area contributed by atoms with Crippen molar-refractivity contribution < 1.29 is 9.59 Å². The maximum atomic E-state index is 11.5. The van der Waals surface area contributed by atoms with Crippen LogP contribution in [0.5, 0.6) is 0 Å². The molecule has 0 bridgehead atoms. The van der Waals surface area contributed by atoms with Crippen molar-refractivity contribution in [2.45, 2.75) is 45.6 Å². The number of amides is 2. The van der Waals surface area contributed by atoms with Crippen molar-refractivity contribution in [3.05, 3.63) is 0 Å². The van der Waals surface area contributed by atoms with Crippen molar-refractivity contribution in [2.24, 2.45) is 5.92 Å². The van der Waals surface area contributed by atoms with Gasteiger partial charge in [-0.05, 0) is 18.8 Å². The van der Waals surface area contributed by atoms with E-state index in [0.717, 1.165) is 25.9 Å². The molecule has 3 N–H and O–H groups in total. The van der Waals surface area contributed by atoms with Gasteiger partial charge in [0, 0.05) is 38.5 Å². The van der Waals surface area contributed by atoms with E-state index in [1.807, 2.05) is 0 Å². The SMILES string of the molecule is CC(C)CNC(=O)CCNC1CCCNC(=O)C1. The Kier molecular flexibility index (Phi) is 6.72. The van der Waals surface area contributed by atoms with Crippen LogP contribution in [0.4, 0.5) is 0 Å². The lowest BCUT2D eigenvalue weighted by molar-refractivity contribution is -0.121. The molecule has 1 saturated heterocycles. The van der Waals surface area contributed by atoms with Gasteiger partial charge in [0.2, 0.25) is 11.8 Å². The van der Waals surface area contributed by atoms with E-state index in [2.05, 4.69) is 29.8 Å². The summed E-state index contributed by atoms with van der Waals surface area (Å²) in [5.74, 6) is 0.663. The van der Waals surface area contributed by atoms with E-state index in [1.165, 1.54) is 0 Å². The monoisotopic (exact) mass is 255 g/mol. The van der Waals surface area contributed by atoms with Crippen LogP contribution in [0.1, 0.15) is 39.5 Å². The van der Waals surface area contributed by atoms with Gasteiger partial charge in [-0.3, -0.25) is 9.59 Å². The average Bonchev–Trinajstić information content (AvgIpc) is 2.51. The third-order valence-corrected chi connectivity index (χ3v) is 2.98. The summed E-state index contributed by atoms with van der Waals surface area (Å²) >= 11 is 0. The number of hydrogen-bond acceptors (Lipinski definition) is 3. The Bertz CT molecular complexity index is 279. The molecule has 1 atom stereocenters. The summed E-state index contributed by atoms with van der Waals surface area (Å²) < 4.78 is 0. The van der Waals surface area contributed by atoms with Crippen molar-refractivity contribution in [3.8, 4) is 0 Å². The van der Waals surface area contributed by atoms with Crippen LogP contribution >= 0.6 is 0 Å². The lowest BCUT2D eigenvalue weighted by Crippen LogP contribution is -2.36. The van der Waals surface area contributed by atoms with Gasteiger partial charge in [-0.2, -0.15) is 0 Å². The molecule has 5 heteroatoms. The summed E-state index contributed by atoms with van der Waals surface area (Å²) in [5, 5.41) is 9.02. The fourth-order valence-corrected chi connectivity index (χ4v) is 1.94. The van der Waals surface area contributed by atoms with Crippen LogP contribution in [0.15, 0.2) is 0 Å². The van der Waals surface area contributed by atoms with Gasteiger partial charge >= 0.3 is 0 Å². The molecule has 1 heterocycles. The highest BCUT2D eigenvalue weighted by Crippen LogP contribution is 2.05. The maximum Gasteiger partial charge on any atom is 0.221 e. The second-order valence-corrected chi connectivity index (χ2v) is 5.30. The summed E-state index contributed by atoms with van der Waals surface area (Å²) in [6.45, 7) is 6.28. The number of carbonyl (C=O) groups excluding carboxylic acids is 2. The van der Waals surface area contributed by atoms with E-state index in [9.17, 15) is 9.59 Å². The number of nitrogens with one attached hydrogen (secondary N) is 3. The Balaban J connectivity index is 2.12. The highest BCUT2D eigenvalue weighted by Gasteiger charge is 2.16. The smallest absolute Gasteiger partial charge is 0.221 e. The summed E-state index contributed by atoms with van der Waals surface area (Å²) in [5.41, 5.74) is 0. The van der Waals surface area contributed by atoms with Gasteiger partial charge in [-0.25, -0.2) is 0 Å². The first-order valence-corrected chi connectivity index (χ1v) is 6.84. The molecule has 1 aliphatic heterocycles. The lowest BCUT2D eigenvalue weighted by atomic mass is 10.1. The highest BCUT2D eigenvalue weighted by molar-refractivity contribution is 5.77. The quantitative estimate of drug-likeness (QED) is 0.644. The summed E-state index contributed by atoms with van der Waals surface area (Å²) in [7, 11) is 0. The zero-order chi connectivity index (χ0) is 13.4. The lowest BCUT2D eigenvalue weighted by Gasteiger charge is -2.15. The van der Waals surface area contributed by atoms with Gasteiger partial charge in [0.1, 0.15) is 0 Å². The minimum atomic E-state index is 0.0780. The molecule has 104 valence electrons. The molecule has 0 aliphatic carbocycles. The van der Waals surface area contributed by atoms with E-state index in [1.54, 1.807) is 0 Å². The standard InChI is InChI=1S/C13H25N3O2/c1-10(2)9-16-12(17)5-7-14-11-4-3-6-15-13(18)8-11/h10-11,14H,3-9H2,1-2H3,(H,15,18)(H,16,17).